The Labute approximate surface area is 126 Å². The third-order valence-electron chi connectivity index (χ3n) is 3.52. The van der Waals surface area contributed by atoms with Crippen molar-refractivity contribution in [2.75, 3.05) is 6.54 Å². The van der Waals surface area contributed by atoms with Gasteiger partial charge in [0.25, 0.3) is 0 Å². The highest BCUT2D eigenvalue weighted by atomic mass is 79.9. The van der Waals surface area contributed by atoms with Crippen LogP contribution in [-0.2, 0) is 0 Å². The summed E-state index contributed by atoms with van der Waals surface area (Å²) in [6.07, 6.45) is -0.989. The summed E-state index contributed by atoms with van der Waals surface area (Å²) < 4.78 is 14.5. The van der Waals surface area contributed by atoms with E-state index < -0.39 is 11.9 Å². The number of hydrogen-bond donors (Lipinski definition) is 2. The Kier molecular flexibility index (Phi) is 4.91. The van der Waals surface area contributed by atoms with Gasteiger partial charge in [-0.2, -0.15) is 0 Å². The molecule has 0 fully saturated rings. The van der Waals surface area contributed by atoms with Gasteiger partial charge in [-0.3, -0.25) is 0 Å². The number of rotatable bonds is 4. The van der Waals surface area contributed by atoms with Crippen LogP contribution in [0.25, 0.3) is 0 Å². The molecule has 20 heavy (non-hydrogen) atoms. The van der Waals surface area contributed by atoms with Crippen LogP contribution >= 0.6 is 15.9 Å². The molecule has 0 amide bonds. The van der Waals surface area contributed by atoms with Crippen molar-refractivity contribution in [1.82, 2.24) is 0 Å². The topological polar surface area (TPSA) is 46.2 Å². The van der Waals surface area contributed by atoms with Gasteiger partial charge in [-0.05, 0) is 30.2 Å². The number of halogens is 2. The van der Waals surface area contributed by atoms with Crippen molar-refractivity contribution in [3.8, 4) is 0 Å². The van der Waals surface area contributed by atoms with E-state index in [0.717, 1.165) is 11.1 Å². The molecule has 0 aliphatic heterocycles. The molecule has 0 saturated heterocycles. The second-order valence-corrected chi connectivity index (χ2v) is 5.63. The molecule has 0 aromatic heterocycles. The molecule has 0 heterocycles. The highest BCUT2D eigenvalue weighted by Crippen LogP contribution is 2.36. The van der Waals surface area contributed by atoms with Crippen LogP contribution in [0.1, 0.15) is 28.7 Å². The molecule has 0 spiro atoms. The number of nitrogens with two attached hydrogens (primary N) is 1. The molecule has 2 aromatic carbocycles. The largest absolute Gasteiger partial charge is 0.388 e. The van der Waals surface area contributed by atoms with Crippen molar-refractivity contribution in [3.63, 3.8) is 0 Å². The van der Waals surface area contributed by atoms with Crippen LogP contribution in [0.3, 0.4) is 0 Å². The van der Waals surface area contributed by atoms with E-state index in [1.54, 1.807) is 12.1 Å². The monoisotopic (exact) mass is 337 g/mol. The average molecular weight is 338 g/mol. The lowest BCUT2D eigenvalue weighted by molar-refractivity contribution is 0.142. The minimum Gasteiger partial charge on any atom is -0.388 e. The van der Waals surface area contributed by atoms with Crippen LogP contribution in [0.15, 0.2) is 46.9 Å². The highest BCUT2D eigenvalue weighted by Gasteiger charge is 2.26. The zero-order chi connectivity index (χ0) is 14.7. The Morgan fingerprint density at radius 3 is 2.50 bits per heavy atom. The van der Waals surface area contributed by atoms with E-state index >= 15 is 0 Å². The lowest BCUT2D eigenvalue weighted by atomic mass is 9.86. The highest BCUT2D eigenvalue weighted by molar-refractivity contribution is 9.10. The first-order valence-corrected chi connectivity index (χ1v) is 7.23. The Balaban J connectivity index is 2.45. The molecule has 0 radical (unpaired) electrons. The van der Waals surface area contributed by atoms with E-state index in [2.05, 4.69) is 15.9 Å². The van der Waals surface area contributed by atoms with Gasteiger partial charge in [-0.1, -0.05) is 46.3 Å². The molecule has 0 aliphatic rings. The zero-order valence-corrected chi connectivity index (χ0v) is 12.8. The first-order valence-electron chi connectivity index (χ1n) is 6.43. The average Bonchev–Trinajstić information content (AvgIpc) is 2.41. The van der Waals surface area contributed by atoms with Gasteiger partial charge in [0.1, 0.15) is 5.82 Å². The number of hydrogen-bond acceptors (Lipinski definition) is 2. The van der Waals surface area contributed by atoms with Crippen LogP contribution in [0.4, 0.5) is 4.39 Å². The predicted molar refractivity (Wildman–Crippen MR) is 82.0 cm³/mol. The minimum absolute atomic E-state index is 0.243. The lowest BCUT2D eigenvalue weighted by Crippen LogP contribution is -2.22. The third kappa shape index (κ3) is 2.92. The summed E-state index contributed by atoms with van der Waals surface area (Å²) in [5.74, 6) is -0.775. The first-order chi connectivity index (χ1) is 9.56. The maximum Gasteiger partial charge on any atom is 0.130 e. The predicted octanol–water partition coefficient (Wildman–Crippen LogP) is 3.67. The molecule has 106 valence electrons. The fourth-order valence-electron chi connectivity index (χ4n) is 2.42. The molecule has 2 nitrogen and oxygen atoms in total. The number of aliphatic hydroxyl groups excluding tert-OH is 1. The normalized spacial score (nSPS) is 14.1. The molecule has 3 N–H and O–H groups in total. The van der Waals surface area contributed by atoms with Gasteiger partial charge in [0.15, 0.2) is 0 Å². The van der Waals surface area contributed by atoms with Crippen molar-refractivity contribution < 1.29 is 9.50 Å². The standard InChI is InChI=1S/C16H17BrFNO/c1-10-5-2-3-6-11(10)12(9-19)16(20)15-13(17)7-4-8-14(15)18/h2-8,12,16,20H,9,19H2,1H3. The Hall–Kier alpha value is -1.23. The SMILES string of the molecule is Cc1ccccc1C(CN)C(O)c1c(F)cccc1Br. The van der Waals surface area contributed by atoms with Crippen LogP contribution in [0.2, 0.25) is 0 Å². The minimum atomic E-state index is -0.989. The maximum absolute atomic E-state index is 14.0. The molecule has 2 aromatic rings. The Bertz CT molecular complexity index is 583. The second kappa shape index (κ2) is 6.48. The lowest BCUT2D eigenvalue weighted by Gasteiger charge is -2.25. The smallest absolute Gasteiger partial charge is 0.130 e. The van der Waals surface area contributed by atoms with Crippen molar-refractivity contribution in [3.05, 3.63) is 69.4 Å². The maximum atomic E-state index is 14.0. The Morgan fingerprint density at radius 2 is 1.90 bits per heavy atom. The van der Waals surface area contributed by atoms with Gasteiger partial charge in [-0.15, -0.1) is 0 Å². The van der Waals surface area contributed by atoms with Crippen LogP contribution in [0, 0.1) is 12.7 Å². The quantitative estimate of drug-likeness (QED) is 0.893. The van der Waals surface area contributed by atoms with Gasteiger partial charge in [-0.25, -0.2) is 4.39 Å². The molecule has 2 rings (SSSR count). The summed E-state index contributed by atoms with van der Waals surface area (Å²) >= 11 is 3.30. The van der Waals surface area contributed by atoms with Gasteiger partial charge < -0.3 is 10.8 Å². The van der Waals surface area contributed by atoms with Gasteiger partial charge >= 0.3 is 0 Å². The van der Waals surface area contributed by atoms with Crippen molar-refractivity contribution in [2.45, 2.75) is 18.9 Å². The number of benzene rings is 2. The molecular weight excluding hydrogens is 321 g/mol. The van der Waals surface area contributed by atoms with Gasteiger partial charge in [0.2, 0.25) is 0 Å². The fourth-order valence-corrected chi connectivity index (χ4v) is 3.00. The molecule has 0 aliphatic carbocycles. The summed E-state index contributed by atoms with van der Waals surface area (Å²) in [4.78, 5) is 0. The molecule has 2 atom stereocenters. The first kappa shape index (κ1) is 15.2. The van der Waals surface area contributed by atoms with E-state index in [9.17, 15) is 9.50 Å². The zero-order valence-electron chi connectivity index (χ0n) is 11.2. The summed E-state index contributed by atoms with van der Waals surface area (Å²) in [5.41, 5.74) is 8.05. The summed E-state index contributed by atoms with van der Waals surface area (Å²) in [6, 6.07) is 12.4. The summed E-state index contributed by atoms with van der Waals surface area (Å²) in [6.45, 7) is 2.20. The fraction of sp³-hybridized carbons (Fsp3) is 0.250. The van der Waals surface area contributed by atoms with Crippen LogP contribution in [-0.4, -0.2) is 11.7 Å². The van der Waals surface area contributed by atoms with Crippen molar-refractivity contribution in [2.24, 2.45) is 5.73 Å². The molecule has 2 unspecified atom stereocenters. The van der Waals surface area contributed by atoms with Crippen molar-refractivity contribution in [1.29, 1.82) is 0 Å². The Morgan fingerprint density at radius 1 is 1.20 bits per heavy atom. The summed E-state index contributed by atoms with van der Waals surface area (Å²) in [5, 5.41) is 10.6. The van der Waals surface area contributed by atoms with E-state index in [1.165, 1.54) is 6.07 Å². The number of aliphatic hydroxyl groups is 1. The number of aryl methyl sites for hydroxylation is 1. The third-order valence-corrected chi connectivity index (χ3v) is 4.21. The van der Waals surface area contributed by atoms with E-state index in [0.29, 0.717) is 4.47 Å². The summed E-state index contributed by atoms with van der Waals surface area (Å²) in [7, 11) is 0. The van der Waals surface area contributed by atoms with E-state index in [-0.39, 0.29) is 18.0 Å². The molecule has 0 bridgehead atoms. The van der Waals surface area contributed by atoms with Gasteiger partial charge in [0, 0.05) is 22.5 Å². The molecular formula is C16H17BrFNO. The molecule has 0 saturated carbocycles. The van der Waals surface area contributed by atoms with E-state index in [4.69, 9.17) is 5.73 Å². The second-order valence-electron chi connectivity index (χ2n) is 4.78. The van der Waals surface area contributed by atoms with E-state index in [1.807, 2.05) is 31.2 Å². The van der Waals surface area contributed by atoms with Crippen LogP contribution in [0.5, 0.6) is 0 Å². The molecule has 4 heteroatoms. The van der Waals surface area contributed by atoms with Gasteiger partial charge in [0.05, 0.1) is 6.10 Å². The van der Waals surface area contributed by atoms with Crippen molar-refractivity contribution >= 4 is 15.9 Å². The van der Waals surface area contributed by atoms with Crippen LogP contribution < -0.4 is 5.73 Å².